The highest BCUT2D eigenvalue weighted by Crippen LogP contribution is 2.28. The van der Waals surface area contributed by atoms with Gasteiger partial charge < -0.3 is 10.1 Å². The van der Waals surface area contributed by atoms with Gasteiger partial charge in [0.2, 0.25) is 0 Å². The number of carbonyl (C=O) groups excluding carboxylic acids is 1. The molecule has 0 radical (unpaired) electrons. The molecule has 1 heterocycles. The summed E-state index contributed by atoms with van der Waals surface area (Å²) in [5.41, 5.74) is 0.516. The average molecular weight is 308 g/mol. The minimum absolute atomic E-state index is 0.253. The van der Waals surface area contributed by atoms with Crippen LogP contribution in [0.2, 0.25) is 0 Å². The van der Waals surface area contributed by atoms with Crippen LogP contribution in [0.5, 0.6) is 0 Å². The third kappa shape index (κ3) is 1.82. The summed E-state index contributed by atoms with van der Waals surface area (Å²) >= 11 is 6.17. The smallest absolute Gasteiger partial charge is 0.192 e. The standard InChI is InChI=1S/C7H4Br2N2O2/c8-6-3(1-10)11-7(9)5(6)4(13)2-12/h11-12H,2H2. The predicted molar refractivity (Wildman–Crippen MR) is 52.3 cm³/mol. The van der Waals surface area contributed by atoms with Crippen molar-refractivity contribution in [1.29, 1.82) is 5.26 Å². The van der Waals surface area contributed by atoms with Crippen molar-refractivity contribution in [3.05, 3.63) is 20.3 Å². The zero-order chi connectivity index (χ0) is 10.0. The predicted octanol–water partition coefficient (Wildman–Crippen LogP) is 1.59. The molecule has 13 heavy (non-hydrogen) atoms. The van der Waals surface area contributed by atoms with Crippen molar-refractivity contribution in [3.63, 3.8) is 0 Å². The highest BCUT2D eigenvalue weighted by molar-refractivity contribution is 9.11. The Bertz CT molecular complexity index is 392. The molecule has 0 atom stereocenters. The lowest BCUT2D eigenvalue weighted by Gasteiger charge is -1.94. The number of Topliss-reactive ketones (excluding diaryl/α,β-unsaturated/α-hetero) is 1. The van der Waals surface area contributed by atoms with Crippen molar-refractivity contribution in [2.75, 3.05) is 6.61 Å². The van der Waals surface area contributed by atoms with E-state index in [9.17, 15) is 4.79 Å². The number of H-pyrrole nitrogens is 1. The van der Waals surface area contributed by atoms with Crippen LogP contribution in [0.15, 0.2) is 9.08 Å². The van der Waals surface area contributed by atoms with Crippen LogP contribution in [0.4, 0.5) is 0 Å². The zero-order valence-corrected chi connectivity index (χ0v) is 9.44. The molecule has 68 valence electrons. The van der Waals surface area contributed by atoms with Crippen molar-refractivity contribution in [2.45, 2.75) is 0 Å². The molecule has 0 fully saturated rings. The molecule has 1 aromatic rings. The zero-order valence-electron chi connectivity index (χ0n) is 6.27. The molecule has 6 heteroatoms. The van der Waals surface area contributed by atoms with Crippen molar-refractivity contribution >= 4 is 37.6 Å². The van der Waals surface area contributed by atoms with Gasteiger partial charge in [0, 0.05) is 0 Å². The summed E-state index contributed by atoms with van der Waals surface area (Å²) in [7, 11) is 0. The fourth-order valence-corrected chi connectivity index (χ4v) is 2.34. The maximum Gasteiger partial charge on any atom is 0.192 e. The van der Waals surface area contributed by atoms with Gasteiger partial charge in [0.05, 0.1) is 14.6 Å². The van der Waals surface area contributed by atoms with Crippen LogP contribution in [0.1, 0.15) is 16.1 Å². The van der Waals surface area contributed by atoms with Gasteiger partial charge in [0.1, 0.15) is 18.4 Å². The van der Waals surface area contributed by atoms with E-state index in [4.69, 9.17) is 10.4 Å². The molecule has 1 aromatic heterocycles. The molecule has 0 amide bonds. The Morgan fingerprint density at radius 2 is 2.23 bits per heavy atom. The van der Waals surface area contributed by atoms with Gasteiger partial charge in [0.25, 0.3) is 0 Å². The Morgan fingerprint density at radius 3 is 2.62 bits per heavy atom. The number of aliphatic hydroxyl groups is 1. The van der Waals surface area contributed by atoms with E-state index >= 15 is 0 Å². The van der Waals surface area contributed by atoms with Gasteiger partial charge in [-0.25, -0.2) is 0 Å². The number of nitrogens with one attached hydrogen (secondary N) is 1. The third-order valence-electron chi connectivity index (χ3n) is 1.43. The van der Waals surface area contributed by atoms with Crippen molar-refractivity contribution in [2.24, 2.45) is 0 Å². The van der Waals surface area contributed by atoms with Crippen LogP contribution in [-0.2, 0) is 0 Å². The van der Waals surface area contributed by atoms with Crippen molar-refractivity contribution in [1.82, 2.24) is 4.98 Å². The molecule has 0 saturated heterocycles. The van der Waals surface area contributed by atoms with Crippen molar-refractivity contribution in [3.8, 4) is 6.07 Å². The number of hydrogen-bond acceptors (Lipinski definition) is 3. The highest BCUT2D eigenvalue weighted by atomic mass is 79.9. The molecule has 4 nitrogen and oxygen atoms in total. The Hall–Kier alpha value is -0.640. The van der Waals surface area contributed by atoms with Crippen LogP contribution >= 0.6 is 31.9 Å². The number of rotatable bonds is 2. The van der Waals surface area contributed by atoms with E-state index in [1.54, 1.807) is 0 Å². The first-order valence-corrected chi connectivity index (χ1v) is 4.81. The van der Waals surface area contributed by atoms with Crippen LogP contribution in [0.3, 0.4) is 0 Å². The monoisotopic (exact) mass is 306 g/mol. The third-order valence-corrected chi connectivity index (χ3v) is 2.82. The normalized spacial score (nSPS) is 9.69. The summed E-state index contributed by atoms with van der Waals surface area (Å²) in [6, 6.07) is 1.87. The number of aromatic nitrogens is 1. The fraction of sp³-hybridized carbons (Fsp3) is 0.143. The maximum absolute atomic E-state index is 11.1. The van der Waals surface area contributed by atoms with Crippen molar-refractivity contribution < 1.29 is 9.90 Å². The summed E-state index contributed by atoms with van der Waals surface area (Å²) < 4.78 is 0.774. The maximum atomic E-state index is 11.1. The number of nitriles is 1. The Morgan fingerprint density at radius 1 is 1.62 bits per heavy atom. The molecule has 0 aliphatic heterocycles. The molecule has 0 aliphatic rings. The number of nitrogens with zero attached hydrogens (tertiary/aromatic N) is 1. The molecule has 0 spiro atoms. The van der Waals surface area contributed by atoms with Crippen LogP contribution < -0.4 is 0 Å². The van der Waals surface area contributed by atoms with E-state index in [0.29, 0.717) is 9.08 Å². The largest absolute Gasteiger partial charge is 0.388 e. The first-order valence-electron chi connectivity index (χ1n) is 3.23. The van der Waals surface area contributed by atoms with Crippen LogP contribution in [-0.4, -0.2) is 22.5 Å². The van der Waals surface area contributed by atoms with Gasteiger partial charge >= 0.3 is 0 Å². The number of ketones is 1. The van der Waals surface area contributed by atoms with Crippen LogP contribution in [0, 0.1) is 11.3 Å². The van der Waals surface area contributed by atoms with Gasteiger partial charge in [-0.3, -0.25) is 4.79 Å². The van der Waals surface area contributed by atoms with Gasteiger partial charge in [-0.2, -0.15) is 5.26 Å². The van der Waals surface area contributed by atoms with Gasteiger partial charge in [0.15, 0.2) is 5.78 Å². The van der Waals surface area contributed by atoms with E-state index in [2.05, 4.69) is 36.8 Å². The lowest BCUT2D eigenvalue weighted by Crippen LogP contribution is -2.04. The summed E-state index contributed by atoms with van der Waals surface area (Å²) in [6.07, 6.45) is 0. The van der Waals surface area contributed by atoms with E-state index < -0.39 is 12.4 Å². The summed E-state index contributed by atoms with van der Waals surface area (Å²) in [6.45, 7) is -0.583. The summed E-state index contributed by atoms with van der Waals surface area (Å²) in [5.74, 6) is -0.448. The molecular weight excluding hydrogens is 304 g/mol. The minimum Gasteiger partial charge on any atom is -0.388 e. The van der Waals surface area contributed by atoms with E-state index in [-0.39, 0.29) is 11.3 Å². The molecule has 0 unspecified atom stereocenters. The van der Waals surface area contributed by atoms with E-state index in [1.165, 1.54) is 0 Å². The molecule has 0 bridgehead atoms. The number of hydrogen-bond donors (Lipinski definition) is 2. The second-order valence-electron chi connectivity index (χ2n) is 2.20. The lowest BCUT2D eigenvalue weighted by molar-refractivity contribution is 0.0902. The molecule has 2 N–H and O–H groups in total. The lowest BCUT2D eigenvalue weighted by atomic mass is 10.2. The first-order chi connectivity index (χ1) is 6.11. The molecule has 1 rings (SSSR count). The summed E-state index contributed by atoms with van der Waals surface area (Å²) in [4.78, 5) is 13.8. The molecule has 0 aliphatic carbocycles. The number of aliphatic hydroxyl groups excluding tert-OH is 1. The topological polar surface area (TPSA) is 76.9 Å². The number of carbonyl (C=O) groups is 1. The molecule has 0 aromatic carbocycles. The van der Waals surface area contributed by atoms with E-state index in [1.807, 2.05) is 6.07 Å². The Kier molecular flexibility index (Phi) is 3.25. The highest BCUT2D eigenvalue weighted by Gasteiger charge is 2.19. The second-order valence-corrected chi connectivity index (χ2v) is 3.78. The molecular formula is C7H4Br2N2O2. The Balaban J connectivity index is 3.30. The van der Waals surface area contributed by atoms with Gasteiger partial charge in [-0.1, -0.05) is 0 Å². The second kappa shape index (κ2) is 4.05. The summed E-state index contributed by atoms with van der Waals surface area (Å²) in [5, 5.41) is 17.2. The minimum atomic E-state index is -0.583. The SMILES string of the molecule is N#Cc1[nH]c(Br)c(C(=O)CO)c1Br. The quantitative estimate of drug-likeness (QED) is 0.815. The van der Waals surface area contributed by atoms with E-state index in [0.717, 1.165) is 0 Å². The average Bonchev–Trinajstić information content (AvgIpc) is 2.40. The number of halogens is 2. The number of aromatic amines is 1. The van der Waals surface area contributed by atoms with Crippen LogP contribution in [0.25, 0.3) is 0 Å². The van der Waals surface area contributed by atoms with Gasteiger partial charge in [-0.15, -0.1) is 0 Å². The van der Waals surface area contributed by atoms with Gasteiger partial charge in [-0.05, 0) is 31.9 Å². The molecule has 0 saturated carbocycles. The first kappa shape index (κ1) is 10.4. The Labute approximate surface area is 90.8 Å². The fourth-order valence-electron chi connectivity index (χ4n) is 0.849.